The highest BCUT2D eigenvalue weighted by Crippen LogP contribution is 2.25. The largest absolute Gasteiger partial charge is 0.376 e. The summed E-state index contributed by atoms with van der Waals surface area (Å²) in [6.07, 6.45) is 0.999. The zero-order chi connectivity index (χ0) is 47.4. The van der Waals surface area contributed by atoms with E-state index in [1.54, 1.807) is 49.5 Å². The summed E-state index contributed by atoms with van der Waals surface area (Å²) in [7, 11) is 0. The Hall–Kier alpha value is -3.96. The normalized spacial score (nSPS) is 14.2. The maximum Gasteiger partial charge on any atom is 0.251 e. The fraction of sp³-hybridized carbons (Fsp3) is 0.689. The molecule has 0 aliphatic heterocycles. The van der Waals surface area contributed by atoms with E-state index in [9.17, 15) is 38.4 Å². The SMILES string of the molecule is CCC(C)SCC(CSC(C)C)C(=O)c1ccc(C(=O)NCC(=O)NC(CCC(=O)NC(C(=O)NC(C)C(C)=O)C(C)C)C(=O)NCC(=O)NC(C)(C)CCOC(C)(C)C)cc1. The third-order valence-electron chi connectivity index (χ3n) is 9.71. The molecule has 0 aromatic heterocycles. The van der Waals surface area contributed by atoms with Crippen molar-refractivity contribution in [1.82, 2.24) is 31.9 Å². The average molecular weight is 907 g/mol. The van der Waals surface area contributed by atoms with Gasteiger partial charge in [0.2, 0.25) is 29.5 Å². The number of hydrogen-bond acceptors (Lipinski definition) is 11. The van der Waals surface area contributed by atoms with Gasteiger partial charge in [0, 0.05) is 52.4 Å². The van der Waals surface area contributed by atoms with Crippen LogP contribution in [0.1, 0.15) is 136 Å². The molecule has 0 heterocycles. The first-order valence-corrected chi connectivity index (χ1v) is 23.6. The lowest BCUT2D eigenvalue weighted by Crippen LogP contribution is -2.54. The van der Waals surface area contributed by atoms with Crippen LogP contribution in [0.4, 0.5) is 0 Å². The summed E-state index contributed by atoms with van der Waals surface area (Å²) in [6, 6.07) is 3.23. The van der Waals surface area contributed by atoms with Gasteiger partial charge in [0.1, 0.15) is 12.1 Å². The molecule has 0 bridgehead atoms. The molecule has 0 aliphatic rings. The number of benzene rings is 1. The Morgan fingerprint density at radius 1 is 0.710 bits per heavy atom. The van der Waals surface area contributed by atoms with Crippen molar-refractivity contribution >= 4 is 70.5 Å². The van der Waals surface area contributed by atoms with E-state index in [2.05, 4.69) is 59.6 Å². The smallest absolute Gasteiger partial charge is 0.251 e. The molecule has 5 unspecified atom stereocenters. The van der Waals surface area contributed by atoms with Crippen molar-refractivity contribution < 1.29 is 43.1 Å². The zero-order valence-corrected chi connectivity index (χ0v) is 40.8. The van der Waals surface area contributed by atoms with E-state index >= 15 is 0 Å². The van der Waals surface area contributed by atoms with Crippen molar-refractivity contribution in [2.24, 2.45) is 11.8 Å². The van der Waals surface area contributed by atoms with E-state index in [4.69, 9.17) is 4.74 Å². The molecule has 6 N–H and O–H groups in total. The molecular weight excluding hydrogens is 833 g/mol. The number of ketones is 2. The summed E-state index contributed by atoms with van der Waals surface area (Å²) < 4.78 is 5.78. The van der Waals surface area contributed by atoms with Gasteiger partial charge in [0.15, 0.2) is 11.6 Å². The van der Waals surface area contributed by atoms with E-state index < -0.39 is 72.2 Å². The second-order valence-electron chi connectivity index (χ2n) is 17.9. The number of hydrogen-bond donors (Lipinski definition) is 6. The van der Waals surface area contributed by atoms with E-state index in [1.165, 1.54) is 26.0 Å². The summed E-state index contributed by atoms with van der Waals surface area (Å²) in [5.74, 6) is -3.06. The van der Waals surface area contributed by atoms with Crippen molar-refractivity contribution in [1.29, 1.82) is 0 Å². The number of thioether (sulfide) groups is 2. The Morgan fingerprint density at radius 3 is 1.84 bits per heavy atom. The molecule has 0 fully saturated rings. The van der Waals surface area contributed by atoms with Crippen LogP contribution in [-0.2, 0) is 33.5 Å². The second-order valence-corrected chi connectivity index (χ2v) is 21.0. The van der Waals surface area contributed by atoms with Crippen LogP contribution in [0.2, 0.25) is 0 Å². The number of ether oxygens (including phenoxy) is 1. The Bertz CT molecular complexity index is 1660. The van der Waals surface area contributed by atoms with Crippen LogP contribution >= 0.6 is 23.5 Å². The summed E-state index contributed by atoms with van der Waals surface area (Å²) in [6.45, 7) is 23.7. The molecule has 350 valence electrons. The summed E-state index contributed by atoms with van der Waals surface area (Å²) in [5, 5.41) is 16.5. The number of carbonyl (C=O) groups excluding carboxylic acids is 8. The number of nitrogens with one attached hydrogen (secondary N) is 6. The standard InChI is InChI=1S/C45H74N6O9S2/c1-14-29(6)62-26-34(25-61-28(4)5)40(56)32-15-17-33(18-16-32)41(57)46-23-37(54)49-35(19-20-36(53)50-39(27(2)3)43(59)48-30(7)31(8)52)42(58)47-24-38(55)51-45(12,13)21-22-60-44(9,10)11/h15-18,27-30,34-35,39H,14,19-26H2,1-13H3,(H,46,57)(H,47,58)(H,48,59)(H,49,54)(H,50,53)(H,51,55). The quantitative estimate of drug-likeness (QED) is 0.0639. The molecule has 15 nitrogen and oxygen atoms in total. The lowest BCUT2D eigenvalue weighted by molar-refractivity contribution is -0.132. The topological polar surface area (TPSA) is 218 Å². The highest BCUT2D eigenvalue weighted by atomic mass is 32.2. The molecule has 0 radical (unpaired) electrons. The summed E-state index contributed by atoms with van der Waals surface area (Å²) in [5.41, 5.74) is -0.286. The second kappa shape index (κ2) is 27.3. The Balaban J connectivity index is 3.06. The molecule has 0 spiro atoms. The zero-order valence-electron chi connectivity index (χ0n) is 39.2. The fourth-order valence-electron chi connectivity index (χ4n) is 5.55. The number of rotatable bonds is 28. The minimum absolute atomic E-state index is 0.00996. The number of amides is 6. The van der Waals surface area contributed by atoms with Crippen LogP contribution < -0.4 is 31.9 Å². The molecule has 5 atom stereocenters. The predicted molar refractivity (Wildman–Crippen MR) is 248 cm³/mol. The molecule has 62 heavy (non-hydrogen) atoms. The van der Waals surface area contributed by atoms with Crippen molar-refractivity contribution in [3.05, 3.63) is 35.4 Å². The molecule has 1 aromatic rings. The summed E-state index contributed by atoms with van der Waals surface area (Å²) in [4.78, 5) is 104. The lowest BCUT2D eigenvalue weighted by atomic mass is 9.99. The first kappa shape index (κ1) is 56.1. The van der Waals surface area contributed by atoms with Crippen LogP contribution in [0.5, 0.6) is 0 Å². The molecular formula is C45H74N6O9S2. The van der Waals surface area contributed by atoms with Crippen LogP contribution in [0.25, 0.3) is 0 Å². The number of Topliss-reactive ketones (excluding diaryl/α,β-unsaturated/α-hetero) is 2. The van der Waals surface area contributed by atoms with Gasteiger partial charge in [-0.1, -0.05) is 53.7 Å². The van der Waals surface area contributed by atoms with Crippen molar-refractivity contribution in [3.63, 3.8) is 0 Å². The molecule has 6 amide bonds. The first-order chi connectivity index (χ1) is 28.7. The highest BCUT2D eigenvalue weighted by Gasteiger charge is 2.29. The minimum Gasteiger partial charge on any atom is -0.376 e. The molecule has 17 heteroatoms. The fourth-order valence-corrected chi connectivity index (χ4v) is 7.65. The molecule has 1 rings (SSSR count). The van der Waals surface area contributed by atoms with E-state index in [0.29, 0.717) is 40.6 Å². The predicted octanol–water partition coefficient (Wildman–Crippen LogP) is 4.60. The van der Waals surface area contributed by atoms with Gasteiger partial charge in [-0.25, -0.2) is 0 Å². The van der Waals surface area contributed by atoms with Gasteiger partial charge < -0.3 is 36.6 Å². The minimum atomic E-state index is -1.30. The third kappa shape index (κ3) is 22.9. The Kier molecular flexibility index (Phi) is 24.7. The van der Waals surface area contributed by atoms with Crippen LogP contribution in [0.3, 0.4) is 0 Å². The van der Waals surface area contributed by atoms with Crippen molar-refractivity contribution in [2.45, 2.75) is 155 Å². The van der Waals surface area contributed by atoms with E-state index in [1.807, 2.05) is 34.6 Å². The van der Waals surface area contributed by atoms with Crippen LogP contribution in [-0.4, -0.2) is 118 Å². The van der Waals surface area contributed by atoms with Gasteiger partial charge in [-0.2, -0.15) is 23.5 Å². The van der Waals surface area contributed by atoms with E-state index in [0.717, 1.165) is 6.42 Å². The summed E-state index contributed by atoms with van der Waals surface area (Å²) >= 11 is 3.51. The van der Waals surface area contributed by atoms with Gasteiger partial charge >= 0.3 is 0 Å². The first-order valence-electron chi connectivity index (χ1n) is 21.5. The molecule has 0 saturated heterocycles. The maximum absolute atomic E-state index is 13.5. The van der Waals surface area contributed by atoms with Crippen molar-refractivity contribution in [2.75, 3.05) is 31.2 Å². The average Bonchev–Trinajstić information content (AvgIpc) is 3.18. The number of carbonyl (C=O) groups is 8. The maximum atomic E-state index is 13.5. The Morgan fingerprint density at radius 2 is 1.29 bits per heavy atom. The van der Waals surface area contributed by atoms with E-state index in [-0.39, 0.29) is 47.4 Å². The van der Waals surface area contributed by atoms with Gasteiger partial charge in [-0.05, 0) is 91.0 Å². The Labute approximate surface area is 378 Å². The van der Waals surface area contributed by atoms with Crippen LogP contribution in [0, 0.1) is 11.8 Å². The van der Waals surface area contributed by atoms with Gasteiger partial charge in [-0.15, -0.1) is 0 Å². The molecule has 0 saturated carbocycles. The van der Waals surface area contributed by atoms with Crippen molar-refractivity contribution in [3.8, 4) is 0 Å². The van der Waals surface area contributed by atoms with Crippen LogP contribution in [0.15, 0.2) is 24.3 Å². The molecule has 0 aliphatic carbocycles. The van der Waals surface area contributed by atoms with Gasteiger partial charge in [0.25, 0.3) is 5.91 Å². The lowest BCUT2D eigenvalue weighted by Gasteiger charge is -2.28. The highest BCUT2D eigenvalue weighted by molar-refractivity contribution is 8.00. The van der Waals surface area contributed by atoms with Gasteiger partial charge in [-0.3, -0.25) is 38.4 Å². The monoisotopic (exact) mass is 906 g/mol. The van der Waals surface area contributed by atoms with Gasteiger partial charge in [0.05, 0.1) is 24.7 Å². The molecule has 1 aromatic carbocycles. The third-order valence-corrected chi connectivity index (χ3v) is 12.5.